The van der Waals surface area contributed by atoms with Gasteiger partial charge in [0.25, 0.3) is 0 Å². The zero-order valence-corrected chi connectivity index (χ0v) is 7.55. The maximum atomic E-state index is 12.9. The van der Waals surface area contributed by atoms with E-state index < -0.39 is 5.92 Å². The molecule has 0 saturated heterocycles. The molecule has 1 aromatic carbocycles. The minimum Gasteiger partial charge on any atom is -0.455 e. The Morgan fingerprint density at radius 2 is 2.07 bits per heavy atom. The van der Waals surface area contributed by atoms with E-state index in [9.17, 15) is 8.78 Å². The average molecular weight is 197 g/mol. The largest absolute Gasteiger partial charge is 0.455 e. The fourth-order valence-corrected chi connectivity index (χ4v) is 1.30. The van der Waals surface area contributed by atoms with Crippen LogP contribution in [0.5, 0.6) is 0 Å². The Balaban J connectivity index is 2.69. The van der Waals surface area contributed by atoms with Gasteiger partial charge in [-0.1, -0.05) is 6.07 Å². The summed E-state index contributed by atoms with van der Waals surface area (Å²) in [6, 6.07) is 6.21. The van der Waals surface area contributed by atoms with Crippen LogP contribution in [0, 0.1) is 0 Å². The maximum Gasteiger partial charge on any atom is 0.301 e. The highest BCUT2D eigenvalue weighted by atomic mass is 19.3. The number of hydrogen-bond donors (Lipinski definition) is 1. The van der Waals surface area contributed by atoms with Crippen LogP contribution >= 0.6 is 0 Å². The second kappa shape index (κ2) is 2.70. The summed E-state index contributed by atoms with van der Waals surface area (Å²) in [6.07, 6.45) is 0. The van der Waals surface area contributed by atoms with Crippen LogP contribution in [0.25, 0.3) is 11.0 Å². The molecular formula is C10H9F2NO. The molecule has 0 aliphatic heterocycles. The van der Waals surface area contributed by atoms with Crippen molar-refractivity contribution >= 4 is 16.7 Å². The molecule has 1 heterocycles. The fraction of sp³-hybridized carbons (Fsp3) is 0.200. The Kier molecular flexibility index (Phi) is 1.74. The van der Waals surface area contributed by atoms with Gasteiger partial charge in [0.2, 0.25) is 0 Å². The fourth-order valence-electron chi connectivity index (χ4n) is 1.30. The summed E-state index contributed by atoms with van der Waals surface area (Å²) in [5, 5.41) is 0.532. The summed E-state index contributed by atoms with van der Waals surface area (Å²) < 4.78 is 30.8. The Labute approximate surface area is 79.3 Å². The second-order valence-electron chi connectivity index (χ2n) is 3.26. The first-order valence-corrected chi connectivity index (χ1v) is 4.15. The predicted octanol–water partition coefficient (Wildman–Crippen LogP) is 3.13. The van der Waals surface area contributed by atoms with Gasteiger partial charge in [-0.2, -0.15) is 8.78 Å². The molecule has 0 amide bonds. The molecule has 0 atom stereocenters. The molecule has 0 bridgehead atoms. The molecule has 2 nitrogen and oxygen atoms in total. The first kappa shape index (κ1) is 8.99. The number of rotatable bonds is 1. The predicted molar refractivity (Wildman–Crippen MR) is 50.2 cm³/mol. The van der Waals surface area contributed by atoms with E-state index in [1.54, 1.807) is 18.2 Å². The van der Waals surface area contributed by atoms with E-state index in [1.807, 2.05) is 0 Å². The average Bonchev–Trinajstić information content (AvgIpc) is 2.48. The number of alkyl halides is 2. The Morgan fingerprint density at radius 3 is 2.64 bits per heavy atom. The second-order valence-corrected chi connectivity index (χ2v) is 3.26. The first-order valence-electron chi connectivity index (χ1n) is 4.15. The van der Waals surface area contributed by atoms with Crippen LogP contribution in [-0.2, 0) is 5.92 Å². The summed E-state index contributed by atoms with van der Waals surface area (Å²) in [7, 11) is 0. The van der Waals surface area contributed by atoms with Crippen molar-refractivity contribution in [3.05, 3.63) is 30.0 Å². The van der Waals surface area contributed by atoms with Gasteiger partial charge in [0.15, 0.2) is 5.76 Å². The number of benzene rings is 1. The molecule has 0 aliphatic carbocycles. The zero-order valence-electron chi connectivity index (χ0n) is 7.55. The molecule has 2 rings (SSSR count). The number of anilines is 1. The van der Waals surface area contributed by atoms with E-state index in [4.69, 9.17) is 10.2 Å². The maximum absolute atomic E-state index is 12.9. The topological polar surface area (TPSA) is 39.2 Å². The van der Waals surface area contributed by atoms with Crippen molar-refractivity contribution in [2.24, 2.45) is 0 Å². The van der Waals surface area contributed by atoms with E-state index in [0.29, 0.717) is 16.7 Å². The van der Waals surface area contributed by atoms with Gasteiger partial charge in [0.1, 0.15) is 5.58 Å². The van der Waals surface area contributed by atoms with Gasteiger partial charge in [-0.05, 0) is 18.2 Å². The highest BCUT2D eigenvalue weighted by Crippen LogP contribution is 2.33. The van der Waals surface area contributed by atoms with E-state index in [1.165, 1.54) is 6.07 Å². The van der Waals surface area contributed by atoms with Gasteiger partial charge in [-0.3, -0.25) is 0 Å². The van der Waals surface area contributed by atoms with Crippen LogP contribution in [0.3, 0.4) is 0 Å². The van der Waals surface area contributed by atoms with E-state index >= 15 is 0 Å². The minimum atomic E-state index is -2.97. The van der Waals surface area contributed by atoms with Crippen molar-refractivity contribution in [2.75, 3.05) is 5.73 Å². The lowest BCUT2D eigenvalue weighted by atomic mass is 10.2. The number of nitrogens with two attached hydrogens (primary N) is 1. The number of furan rings is 1. The van der Waals surface area contributed by atoms with E-state index in [-0.39, 0.29) is 5.76 Å². The van der Waals surface area contributed by atoms with Gasteiger partial charge >= 0.3 is 5.92 Å². The molecule has 0 radical (unpaired) electrons. The Bertz CT molecular complexity index is 470. The molecular weight excluding hydrogens is 188 g/mol. The van der Waals surface area contributed by atoms with Crippen molar-refractivity contribution in [3.63, 3.8) is 0 Å². The van der Waals surface area contributed by atoms with Gasteiger partial charge in [-0.25, -0.2) is 0 Å². The van der Waals surface area contributed by atoms with Crippen molar-refractivity contribution in [1.29, 1.82) is 0 Å². The molecule has 4 heteroatoms. The molecule has 2 aromatic rings. The third kappa shape index (κ3) is 1.32. The number of fused-ring (bicyclic) bond motifs is 1. The summed E-state index contributed by atoms with van der Waals surface area (Å²) in [5.41, 5.74) is 6.44. The van der Waals surface area contributed by atoms with Crippen LogP contribution in [-0.4, -0.2) is 0 Å². The number of halogens is 2. The standard InChI is InChI=1S/C10H9F2NO/c1-10(11,12)9-5-6-7(13)3-2-4-8(6)14-9/h2-5H,13H2,1H3. The Morgan fingerprint density at radius 1 is 1.36 bits per heavy atom. The van der Waals surface area contributed by atoms with E-state index in [0.717, 1.165) is 6.92 Å². The monoisotopic (exact) mass is 197 g/mol. The van der Waals surface area contributed by atoms with Crippen LogP contribution in [0.15, 0.2) is 28.7 Å². The lowest BCUT2D eigenvalue weighted by molar-refractivity contribution is -0.00382. The van der Waals surface area contributed by atoms with E-state index in [2.05, 4.69) is 0 Å². The molecule has 74 valence electrons. The molecule has 1 aromatic heterocycles. The summed E-state index contributed by atoms with van der Waals surface area (Å²) in [4.78, 5) is 0. The molecule has 0 unspecified atom stereocenters. The first-order chi connectivity index (χ1) is 6.48. The third-order valence-corrected chi connectivity index (χ3v) is 2.03. The lowest BCUT2D eigenvalue weighted by Crippen LogP contribution is -2.04. The van der Waals surface area contributed by atoms with Crippen molar-refractivity contribution in [3.8, 4) is 0 Å². The van der Waals surface area contributed by atoms with Crippen molar-refractivity contribution in [2.45, 2.75) is 12.8 Å². The molecule has 0 aliphatic rings. The van der Waals surface area contributed by atoms with Crippen molar-refractivity contribution in [1.82, 2.24) is 0 Å². The van der Waals surface area contributed by atoms with Gasteiger partial charge in [0, 0.05) is 18.0 Å². The molecule has 0 saturated carbocycles. The van der Waals surface area contributed by atoms with Crippen LogP contribution < -0.4 is 5.73 Å². The van der Waals surface area contributed by atoms with Crippen LogP contribution in [0.4, 0.5) is 14.5 Å². The third-order valence-electron chi connectivity index (χ3n) is 2.03. The van der Waals surface area contributed by atoms with Crippen molar-refractivity contribution < 1.29 is 13.2 Å². The number of hydrogen-bond acceptors (Lipinski definition) is 2. The smallest absolute Gasteiger partial charge is 0.301 e. The lowest BCUT2D eigenvalue weighted by Gasteiger charge is -2.03. The van der Waals surface area contributed by atoms with Crippen LogP contribution in [0.1, 0.15) is 12.7 Å². The normalized spacial score (nSPS) is 12.2. The molecule has 0 fully saturated rings. The highest BCUT2D eigenvalue weighted by molar-refractivity contribution is 5.89. The zero-order chi connectivity index (χ0) is 10.3. The molecule has 14 heavy (non-hydrogen) atoms. The SMILES string of the molecule is CC(F)(F)c1cc2c(N)cccc2o1. The van der Waals surface area contributed by atoms with Gasteiger partial charge in [0.05, 0.1) is 0 Å². The van der Waals surface area contributed by atoms with Gasteiger partial charge in [-0.15, -0.1) is 0 Å². The highest BCUT2D eigenvalue weighted by Gasteiger charge is 2.29. The quantitative estimate of drug-likeness (QED) is 0.713. The Hall–Kier alpha value is -1.58. The molecule has 2 N–H and O–H groups in total. The summed E-state index contributed by atoms with van der Waals surface area (Å²) in [6.45, 7) is 0.793. The van der Waals surface area contributed by atoms with Crippen LogP contribution in [0.2, 0.25) is 0 Å². The summed E-state index contributed by atoms with van der Waals surface area (Å²) in [5.74, 6) is -3.32. The number of nitrogen functional groups attached to an aromatic ring is 1. The minimum absolute atomic E-state index is 0.356. The summed E-state index contributed by atoms with van der Waals surface area (Å²) >= 11 is 0. The van der Waals surface area contributed by atoms with Gasteiger partial charge < -0.3 is 10.2 Å². The molecule has 0 spiro atoms.